The normalized spacial score (nSPS) is 10.8. The van der Waals surface area contributed by atoms with Gasteiger partial charge in [0.25, 0.3) is 0 Å². The van der Waals surface area contributed by atoms with Crippen molar-refractivity contribution in [3.8, 4) is 11.6 Å². The summed E-state index contributed by atoms with van der Waals surface area (Å²) in [5.74, 6) is 0.968. The van der Waals surface area contributed by atoms with Crippen molar-refractivity contribution in [2.24, 2.45) is 0 Å². The number of ether oxygens (including phenoxy) is 2. The molecule has 0 aliphatic heterocycles. The van der Waals surface area contributed by atoms with E-state index in [-0.39, 0.29) is 11.8 Å². The Bertz CT molecular complexity index is 1010. The maximum atomic E-state index is 12.2. The molecule has 0 saturated carbocycles. The van der Waals surface area contributed by atoms with Crippen LogP contribution in [0.4, 0.5) is 0 Å². The summed E-state index contributed by atoms with van der Waals surface area (Å²) in [6, 6.07) is 6.90. The van der Waals surface area contributed by atoms with Crippen LogP contribution in [-0.2, 0) is 4.74 Å². The summed E-state index contributed by atoms with van der Waals surface area (Å²) < 4.78 is 11.1. The number of benzene rings is 1. The highest BCUT2D eigenvalue weighted by Gasteiger charge is 2.22. The molecule has 0 aliphatic carbocycles. The van der Waals surface area contributed by atoms with Crippen molar-refractivity contribution in [1.29, 1.82) is 0 Å². The van der Waals surface area contributed by atoms with E-state index < -0.39 is 0 Å². The van der Waals surface area contributed by atoms with Gasteiger partial charge in [-0.1, -0.05) is 12.1 Å². The molecular weight excluding hydrogens is 352 g/mol. The molecule has 26 heavy (non-hydrogen) atoms. The van der Waals surface area contributed by atoms with Gasteiger partial charge >= 0.3 is 5.97 Å². The molecular formula is C19H18N2O4S. The Morgan fingerprint density at radius 2 is 1.96 bits per heavy atom. The first-order chi connectivity index (χ1) is 12.4. The molecule has 0 N–H and O–H groups in total. The van der Waals surface area contributed by atoms with Crippen LogP contribution in [0.15, 0.2) is 24.3 Å². The number of carbonyl (C=O) groups is 2. The fourth-order valence-electron chi connectivity index (χ4n) is 2.56. The third-order valence-corrected chi connectivity index (χ3v) is 4.95. The predicted molar refractivity (Wildman–Crippen MR) is 99.4 cm³/mol. The summed E-state index contributed by atoms with van der Waals surface area (Å²) in [4.78, 5) is 33.7. The van der Waals surface area contributed by atoms with E-state index in [0.29, 0.717) is 44.7 Å². The zero-order chi connectivity index (χ0) is 18.8. The molecule has 2 aromatic heterocycles. The standard InChI is InChI=1S/C19H18N2O4S/c1-5-24-19(23)16-10(2)15-17(20-12(4)21-18(15)26-16)25-14-8-6-7-13(9-14)11(3)22/h6-9H,5H2,1-4H3. The molecule has 1 aromatic carbocycles. The second-order valence-corrected chi connectivity index (χ2v) is 6.72. The molecule has 2 heterocycles. The van der Waals surface area contributed by atoms with E-state index >= 15 is 0 Å². The van der Waals surface area contributed by atoms with Crippen LogP contribution in [0.3, 0.4) is 0 Å². The average Bonchev–Trinajstić information content (AvgIpc) is 2.92. The molecule has 3 rings (SSSR count). The lowest BCUT2D eigenvalue weighted by atomic mass is 10.1. The Kier molecular flexibility index (Phi) is 4.99. The number of fused-ring (bicyclic) bond motifs is 1. The first-order valence-corrected chi connectivity index (χ1v) is 8.96. The van der Waals surface area contributed by atoms with Gasteiger partial charge in [-0.25, -0.2) is 9.78 Å². The van der Waals surface area contributed by atoms with Crippen molar-refractivity contribution in [2.75, 3.05) is 6.61 Å². The monoisotopic (exact) mass is 370 g/mol. The van der Waals surface area contributed by atoms with Gasteiger partial charge in [0, 0.05) is 5.56 Å². The predicted octanol–water partition coefficient (Wildman–Crippen LogP) is 4.48. The second-order valence-electron chi connectivity index (χ2n) is 5.72. The maximum absolute atomic E-state index is 12.2. The number of thiophene rings is 1. The number of carbonyl (C=O) groups excluding carboxylic acids is 2. The van der Waals surface area contributed by atoms with Gasteiger partial charge < -0.3 is 9.47 Å². The minimum atomic E-state index is -0.379. The van der Waals surface area contributed by atoms with Crippen LogP contribution >= 0.6 is 11.3 Å². The topological polar surface area (TPSA) is 78.4 Å². The summed E-state index contributed by atoms with van der Waals surface area (Å²) in [7, 11) is 0. The lowest BCUT2D eigenvalue weighted by Gasteiger charge is -2.08. The minimum Gasteiger partial charge on any atom is -0.462 e. The molecule has 0 unspecified atom stereocenters. The summed E-state index contributed by atoms with van der Waals surface area (Å²) in [5, 5.41) is 0.678. The van der Waals surface area contributed by atoms with E-state index in [1.807, 2.05) is 6.92 Å². The Balaban J connectivity index is 2.09. The molecule has 134 valence electrons. The number of ketones is 1. The van der Waals surface area contributed by atoms with E-state index in [0.717, 1.165) is 5.56 Å². The Morgan fingerprint density at radius 3 is 2.65 bits per heavy atom. The average molecular weight is 370 g/mol. The van der Waals surface area contributed by atoms with Crippen molar-refractivity contribution in [1.82, 2.24) is 9.97 Å². The number of aryl methyl sites for hydroxylation is 2. The highest BCUT2D eigenvalue weighted by molar-refractivity contribution is 7.20. The summed E-state index contributed by atoms with van der Waals surface area (Å²) in [6.07, 6.45) is 0. The lowest BCUT2D eigenvalue weighted by molar-refractivity contribution is 0.0531. The van der Waals surface area contributed by atoms with E-state index in [1.165, 1.54) is 18.3 Å². The van der Waals surface area contributed by atoms with E-state index in [4.69, 9.17) is 9.47 Å². The van der Waals surface area contributed by atoms with E-state index in [2.05, 4.69) is 9.97 Å². The first-order valence-electron chi connectivity index (χ1n) is 8.14. The molecule has 3 aromatic rings. The number of Topliss-reactive ketones (excluding diaryl/α,β-unsaturated/α-hetero) is 1. The van der Waals surface area contributed by atoms with Gasteiger partial charge in [-0.2, -0.15) is 4.98 Å². The van der Waals surface area contributed by atoms with Crippen LogP contribution in [0, 0.1) is 13.8 Å². The molecule has 0 amide bonds. The van der Waals surface area contributed by atoms with Crippen molar-refractivity contribution >= 4 is 33.3 Å². The zero-order valence-electron chi connectivity index (χ0n) is 15.0. The van der Waals surface area contributed by atoms with Gasteiger partial charge in [0.1, 0.15) is 21.3 Å². The van der Waals surface area contributed by atoms with E-state index in [9.17, 15) is 9.59 Å². The largest absolute Gasteiger partial charge is 0.462 e. The van der Waals surface area contributed by atoms with Crippen molar-refractivity contribution in [2.45, 2.75) is 27.7 Å². The molecule has 0 aliphatic rings. The first kappa shape index (κ1) is 18.0. The molecule has 0 fully saturated rings. The van der Waals surface area contributed by atoms with Crippen LogP contribution in [0.2, 0.25) is 0 Å². The third-order valence-electron chi connectivity index (χ3n) is 3.78. The van der Waals surface area contributed by atoms with E-state index in [1.54, 1.807) is 38.1 Å². The van der Waals surface area contributed by atoms with Crippen molar-refractivity contribution < 1.29 is 19.1 Å². The third kappa shape index (κ3) is 3.43. The number of hydrogen-bond donors (Lipinski definition) is 0. The van der Waals surface area contributed by atoms with Crippen LogP contribution in [0.5, 0.6) is 11.6 Å². The molecule has 6 nitrogen and oxygen atoms in total. The molecule has 0 spiro atoms. The SMILES string of the molecule is CCOC(=O)c1sc2nc(C)nc(Oc3cccc(C(C)=O)c3)c2c1C. The van der Waals surface area contributed by atoms with Gasteiger partial charge in [-0.3, -0.25) is 4.79 Å². The van der Waals surface area contributed by atoms with Crippen LogP contribution in [0.25, 0.3) is 10.2 Å². The number of rotatable bonds is 5. The van der Waals surface area contributed by atoms with Gasteiger partial charge in [0.15, 0.2) is 5.78 Å². The number of hydrogen-bond acceptors (Lipinski definition) is 7. The summed E-state index contributed by atoms with van der Waals surface area (Å²) >= 11 is 1.26. The number of nitrogens with zero attached hydrogens (tertiary/aromatic N) is 2. The van der Waals surface area contributed by atoms with Crippen molar-refractivity contribution in [3.63, 3.8) is 0 Å². The lowest BCUT2D eigenvalue weighted by Crippen LogP contribution is -2.03. The van der Waals surface area contributed by atoms with Crippen LogP contribution in [-0.4, -0.2) is 28.3 Å². The Labute approximate surface area is 154 Å². The van der Waals surface area contributed by atoms with Crippen LogP contribution < -0.4 is 4.74 Å². The quantitative estimate of drug-likeness (QED) is 0.487. The van der Waals surface area contributed by atoms with Gasteiger partial charge in [0.05, 0.1) is 12.0 Å². The summed E-state index contributed by atoms with van der Waals surface area (Å²) in [6.45, 7) is 7.15. The smallest absolute Gasteiger partial charge is 0.348 e. The molecule has 0 saturated heterocycles. The maximum Gasteiger partial charge on any atom is 0.348 e. The summed E-state index contributed by atoms with van der Waals surface area (Å²) in [5.41, 5.74) is 1.28. The van der Waals surface area contributed by atoms with Gasteiger partial charge in [0.2, 0.25) is 5.88 Å². The second kappa shape index (κ2) is 7.21. The number of aromatic nitrogens is 2. The number of esters is 1. The van der Waals surface area contributed by atoms with Gasteiger partial charge in [-0.05, 0) is 45.4 Å². The highest BCUT2D eigenvalue weighted by atomic mass is 32.1. The molecule has 0 bridgehead atoms. The van der Waals surface area contributed by atoms with Crippen LogP contribution in [0.1, 0.15) is 45.3 Å². The molecule has 0 radical (unpaired) electrons. The molecule has 0 atom stereocenters. The molecule has 7 heteroatoms. The highest BCUT2D eigenvalue weighted by Crippen LogP contribution is 2.37. The Morgan fingerprint density at radius 1 is 1.19 bits per heavy atom. The zero-order valence-corrected chi connectivity index (χ0v) is 15.8. The minimum absolute atomic E-state index is 0.0456. The fraction of sp³-hybridized carbons (Fsp3) is 0.263. The Hall–Kier alpha value is -2.80. The van der Waals surface area contributed by atoms with Gasteiger partial charge in [-0.15, -0.1) is 11.3 Å². The fourth-order valence-corrected chi connectivity index (χ4v) is 3.67. The van der Waals surface area contributed by atoms with Crippen molar-refractivity contribution in [3.05, 3.63) is 46.1 Å².